The molecule has 2 aromatic heterocycles. The second-order valence-electron chi connectivity index (χ2n) is 5.46. The number of benzene rings is 1. The zero-order chi connectivity index (χ0) is 16.5. The van der Waals surface area contributed by atoms with Gasteiger partial charge in [0.25, 0.3) is 5.91 Å². The number of anilines is 1. The second kappa shape index (κ2) is 6.04. The van der Waals surface area contributed by atoms with Gasteiger partial charge >= 0.3 is 0 Å². The maximum atomic E-state index is 11.4. The number of aryl methyl sites for hydroxylation is 3. The van der Waals surface area contributed by atoms with Gasteiger partial charge in [-0.2, -0.15) is 4.98 Å². The van der Waals surface area contributed by atoms with Gasteiger partial charge in [0.15, 0.2) is 11.6 Å². The van der Waals surface area contributed by atoms with Crippen LogP contribution in [0.4, 0.5) is 5.69 Å². The third kappa shape index (κ3) is 3.00. The van der Waals surface area contributed by atoms with Crippen LogP contribution in [-0.4, -0.2) is 27.6 Å². The number of amides is 1. The van der Waals surface area contributed by atoms with E-state index in [1.54, 1.807) is 6.20 Å². The Balaban J connectivity index is 1.45. The number of hydrogen-bond donors (Lipinski definition) is 1. The first-order valence-corrected chi connectivity index (χ1v) is 8.30. The Kier molecular flexibility index (Phi) is 3.73. The molecule has 1 amide bonds. The van der Waals surface area contributed by atoms with Crippen LogP contribution in [0.15, 0.2) is 28.9 Å². The van der Waals surface area contributed by atoms with Crippen molar-refractivity contribution in [3.05, 3.63) is 40.7 Å². The summed E-state index contributed by atoms with van der Waals surface area (Å²) in [4.78, 5) is 21.1. The highest BCUT2D eigenvalue weighted by Crippen LogP contribution is 2.29. The lowest BCUT2D eigenvalue weighted by Gasteiger charge is -2.18. The Labute approximate surface area is 141 Å². The molecule has 1 aromatic carbocycles. The second-order valence-corrected chi connectivity index (χ2v) is 6.69. The Morgan fingerprint density at radius 2 is 2.25 bits per heavy atom. The molecule has 1 aliphatic rings. The van der Waals surface area contributed by atoms with Crippen molar-refractivity contribution in [1.82, 2.24) is 15.1 Å². The molecule has 0 saturated carbocycles. The van der Waals surface area contributed by atoms with Gasteiger partial charge in [-0.25, -0.2) is 4.98 Å². The topological polar surface area (TPSA) is 90.1 Å². The van der Waals surface area contributed by atoms with Gasteiger partial charge in [0, 0.05) is 17.5 Å². The van der Waals surface area contributed by atoms with Crippen LogP contribution >= 0.6 is 11.3 Å². The Bertz CT molecular complexity index is 902. The van der Waals surface area contributed by atoms with Crippen LogP contribution in [0.1, 0.15) is 16.3 Å². The summed E-state index contributed by atoms with van der Waals surface area (Å²) in [6, 6.07) is 5.74. The number of hydrogen-bond acceptors (Lipinski definition) is 7. The number of ether oxygens (including phenoxy) is 1. The number of aromatic nitrogens is 3. The lowest BCUT2D eigenvalue weighted by atomic mass is 10.1. The molecule has 3 heterocycles. The lowest BCUT2D eigenvalue weighted by Crippen LogP contribution is -2.25. The molecule has 0 spiro atoms. The third-order valence-electron chi connectivity index (χ3n) is 3.59. The zero-order valence-electron chi connectivity index (χ0n) is 12.9. The van der Waals surface area contributed by atoms with Crippen LogP contribution in [0, 0.1) is 6.92 Å². The highest BCUT2D eigenvalue weighted by molar-refractivity contribution is 7.14. The minimum Gasteiger partial charge on any atom is -0.482 e. The van der Waals surface area contributed by atoms with Gasteiger partial charge < -0.3 is 14.6 Å². The van der Waals surface area contributed by atoms with Gasteiger partial charge in [0.05, 0.1) is 5.69 Å². The molecule has 8 heteroatoms. The van der Waals surface area contributed by atoms with Crippen LogP contribution < -0.4 is 10.1 Å². The van der Waals surface area contributed by atoms with E-state index in [0.717, 1.165) is 21.9 Å². The monoisotopic (exact) mass is 342 g/mol. The molecule has 0 radical (unpaired) electrons. The molecule has 0 unspecified atom stereocenters. The number of nitrogens with one attached hydrogen (secondary N) is 1. The molecule has 1 N–H and O–H groups in total. The lowest BCUT2D eigenvalue weighted by molar-refractivity contribution is -0.118. The normalized spacial score (nSPS) is 13.3. The average Bonchev–Trinajstić information content (AvgIpc) is 3.21. The van der Waals surface area contributed by atoms with E-state index in [-0.39, 0.29) is 12.5 Å². The minimum atomic E-state index is -0.139. The molecule has 122 valence electrons. The van der Waals surface area contributed by atoms with Gasteiger partial charge in [-0.1, -0.05) is 11.2 Å². The molecule has 0 bridgehead atoms. The summed E-state index contributed by atoms with van der Waals surface area (Å²) in [5, 5.41) is 7.54. The van der Waals surface area contributed by atoms with Crippen molar-refractivity contribution in [2.45, 2.75) is 19.8 Å². The van der Waals surface area contributed by atoms with Crippen LogP contribution in [-0.2, 0) is 17.6 Å². The number of fused-ring (bicyclic) bond motifs is 1. The minimum absolute atomic E-state index is 0.0628. The highest BCUT2D eigenvalue weighted by Gasteiger charge is 2.16. The van der Waals surface area contributed by atoms with Crippen molar-refractivity contribution >= 4 is 22.9 Å². The maximum absolute atomic E-state index is 11.4. The molecule has 7 nitrogen and oxygen atoms in total. The molecule has 3 aromatic rings. The number of carbonyl (C=O) groups is 1. The molecule has 0 fully saturated rings. The molecule has 0 saturated heterocycles. The maximum Gasteiger partial charge on any atom is 0.262 e. The van der Waals surface area contributed by atoms with E-state index < -0.39 is 0 Å². The van der Waals surface area contributed by atoms with E-state index in [4.69, 9.17) is 9.26 Å². The predicted octanol–water partition coefficient (Wildman–Crippen LogP) is 2.62. The van der Waals surface area contributed by atoms with Crippen molar-refractivity contribution in [1.29, 1.82) is 0 Å². The number of nitrogens with zero attached hydrogens (tertiary/aromatic N) is 3. The zero-order valence-corrected chi connectivity index (χ0v) is 13.7. The third-order valence-corrected chi connectivity index (χ3v) is 4.49. The van der Waals surface area contributed by atoms with Crippen molar-refractivity contribution in [2.24, 2.45) is 0 Å². The summed E-state index contributed by atoms with van der Waals surface area (Å²) >= 11 is 1.53. The number of carbonyl (C=O) groups excluding carboxylic acids is 1. The van der Waals surface area contributed by atoms with Gasteiger partial charge in [-0.3, -0.25) is 4.79 Å². The summed E-state index contributed by atoms with van der Waals surface area (Å²) in [7, 11) is 0. The predicted molar refractivity (Wildman–Crippen MR) is 88.1 cm³/mol. The van der Waals surface area contributed by atoms with Crippen molar-refractivity contribution in [3.63, 3.8) is 0 Å². The van der Waals surface area contributed by atoms with E-state index in [2.05, 4.69) is 20.4 Å². The summed E-state index contributed by atoms with van der Waals surface area (Å²) in [5.41, 5.74) is 1.76. The molecule has 1 aliphatic heterocycles. The summed E-state index contributed by atoms with van der Waals surface area (Å²) < 4.78 is 10.6. The first-order valence-electron chi connectivity index (χ1n) is 7.48. The SMILES string of the molecule is Cc1cnc(-c2noc(CCc3ccc4c(c3)NC(=O)CO4)n2)s1. The van der Waals surface area contributed by atoms with Crippen molar-refractivity contribution in [3.8, 4) is 16.6 Å². The standard InChI is InChI=1S/C16H14N4O3S/c1-9-7-17-16(24-9)15-19-14(23-20-15)5-3-10-2-4-12-11(6-10)18-13(21)8-22-12/h2,4,6-7H,3,5,8H2,1H3,(H,18,21). The fraction of sp³-hybridized carbons (Fsp3) is 0.250. The first kappa shape index (κ1) is 14.8. The van der Waals surface area contributed by atoms with E-state index in [9.17, 15) is 4.79 Å². The number of thiazole rings is 1. The van der Waals surface area contributed by atoms with Gasteiger partial charge in [0.1, 0.15) is 5.75 Å². The highest BCUT2D eigenvalue weighted by atomic mass is 32.1. The van der Waals surface area contributed by atoms with Crippen molar-refractivity contribution in [2.75, 3.05) is 11.9 Å². The van der Waals surface area contributed by atoms with Crippen LogP contribution in [0.25, 0.3) is 10.8 Å². The van der Waals surface area contributed by atoms with E-state index >= 15 is 0 Å². The summed E-state index contributed by atoms with van der Waals surface area (Å²) in [6.07, 6.45) is 3.13. The average molecular weight is 342 g/mol. The fourth-order valence-electron chi connectivity index (χ4n) is 2.44. The number of rotatable bonds is 4. The molecule has 0 aliphatic carbocycles. The van der Waals surface area contributed by atoms with Gasteiger partial charge in [0.2, 0.25) is 11.7 Å². The van der Waals surface area contributed by atoms with Crippen LogP contribution in [0.2, 0.25) is 0 Å². The smallest absolute Gasteiger partial charge is 0.262 e. The van der Waals surface area contributed by atoms with E-state index in [1.165, 1.54) is 11.3 Å². The molecular formula is C16H14N4O3S. The Hall–Kier alpha value is -2.74. The summed E-state index contributed by atoms with van der Waals surface area (Å²) in [6.45, 7) is 2.05. The van der Waals surface area contributed by atoms with Crippen molar-refractivity contribution < 1.29 is 14.1 Å². The van der Waals surface area contributed by atoms with E-state index in [0.29, 0.717) is 29.6 Å². The molecule has 0 atom stereocenters. The molecule has 4 rings (SSSR count). The van der Waals surface area contributed by atoms with Crippen LogP contribution in [0.5, 0.6) is 5.75 Å². The first-order chi connectivity index (χ1) is 11.7. The van der Waals surface area contributed by atoms with Crippen LogP contribution in [0.3, 0.4) is 0 Å². The van der Waals surface area contributed by atoms with E-state index in [1.807, 2.05) is 25.1 Å². The Morgan fingerprint density at radius 1 is 1.33 bits per heavy atom. The summed E-state index contributed by atoms with van der Waals surface area (Å²) in [5.74, 6) is 1.64. The quantitative estimate of drug-likeness (QED) is 0.784. The molecular weight excluding hydrogens is 328 g/mol. The van der Waals surface area contributed by atoms with Gasteiger partial charge in [-0.05, 0) is 31.0 Å². The van der Waals surface area contributed by atoms with Gasteiger partial charge in [-0.15, -0.1) is 11.3 Å². The largest absolute Gasteiger partial charge is 0.482 e. The fourth-order valence-corrected chi connectivity index (χ4v) is 3.13. The molecule has 24 heavy (non-hydrogen) atoms. The Morgan fingerprint density at radius 3 is 3.08 bits per heavy atom.